The van der Waals surface area contributed by atoms with E-state index >= 15 is 0 Å². The van der Waals surface area contributed by atoms with E-state index in [0.717, 1.165) is 24.0 Å². The average Bonchev–Trinajstić information content (AvgIpc) is 3.00. The Balaban J connectivity index is 1.61. The average molecular weight is 363 g/mol. The summed E-state index contributed by atoms with van der Waals surface area (Å²) in [7, 11) is 0. The van der Waals surface area contributed by atoms with Crippen LogP contribution in [0.1, 0.15) is 49.2 Å². The van der Waals surface area contributed by atoms with Crippen LogP contribution < -0.4 is 5.32 Å². The van der Waals surface area contributed by atoms with E-state index in [9.17, 15) is 14.0 Å². The van der Waals surface area contributed by atoms with Gasteiger partial charge < -0.3 is 10.1 Å². The van der Waals surface area contributed by atoms with Gasteiger partial charge in [-0.2, -0.15) is 0 Å². The van der Waals surface area contributed by atoms with Gasteiger partial charge >= 0.3 is 5.97 Å². The van der Waals surface area contributed by atoms with Crippen molar-refractivity contribution in [3.05, 3.63) is 35.0 Å². The standard InChI is InChI=1S/C19H22FNO3S/c1-11-5-3-4-6-15(11)21-18(22)12(2)24-19(23)17-10-13-9-14(20)7-8-16(13)25-17/h7-12,15H,3-6H2,1-2H3,(H,21,22)/t11-,12-,15-/m1/s1. The number of rotatable bonds is 4. The quantitative estimate of drug-likeness (QED) is 0.825. The maximum Gasteiger partial charge on any atom is 0.349 e. The van der Waals surface area contributed by atoms with E-state index in [-0.39, 0.29) is 17.8 Å². The van der Waals surface area contributed by atoms with E-state index in [1.807, 2.05) is 0 Å². The first-order valence-electron chi connectivity index (χ1n) is 8.64. The fourth-order valence-electron chi connectivity index (χ4n) is 3.22. The number of fused-ring (bicyclic) bond motifs is 1. The number of amides is 1. The van der Waals surface area contributed by atoms with E-state index in [4.69, 9.17) is 4.74 Å². The van der Waals surface area contributed by atoms with Gasteiger partial charge in [0.2, 0.25) is 0 Å². The fraction of sp³-hybridized carbons (Fsp3) is 0.474. The molecule has 1 aromatic heterocycles. The second-order valence-corrected chi connectivity index (χ2v) is 7.80. The van der Waals surface area contributed by atoms with Crippen molar-refractivity contribution < 1.29 is 18.7 Å². The second kappa shape index (κ2) is 7.52. The lowest BCUT2D eigenvalue weighted by molar-refractivity contribution is -0.130. The van der Waals surface area contributed by atoms with Crippen LogP contribution in [0, 0.1) is 11.7 Å². The van der Waals surface area contributed by atoms with Gasteiger partial charge in [-0.3, -0.25) is 4.79 Å². The van der Waals surface area contributed by atoms with Crippen LogP contribution in [-0.2, 0) is 9.53 Å². The van der Waals surface area contributed by atoms with Crippen molar-refractivity contribution in [3.8, 4) is 0 Å². The number of benzene rings is 1. The minimum absolute atomic E-state index is 0.148. The molecule has 0 spiro atoms. The molecular formula is C19H22FNO3S. The van der Waals surface area contributed by atoms with Crippen LogP contribution in [0.3, 0.4) is 0 Å². The Labute approximate surface area is 150 Å². The molecule has 1 amide bonds. The number of hydrogen-bond acceptors (Lipinski definition) is 4. The van der Waals surface area contributed by atoms with Crippen molar-refractivity contribution in [1.82, 2.24) is 5.32 Å². The molecule has 3 rings (SSSR count). The molecule has 134 valence electrons. The molecule has 0 aliphatic heterocycles. The summed E-state index contributed by atoms with van der Waals surface area (Å²) in [5, 5.41) is 3.65. The molecule has 1 aromatic carbocycles. The monoisotopic (exact) mass is 363 g/mol. The predicted octanol–water partition coefficient (Wildman–Crippen LogP) is 4.28. The number of carbonyl (C=O) groups is 2. The third-order valence-corrected chi connectivity index (χ3v) is 5.87. The number of carbonyl (C=O) groups excluding carboxylic acids is 2. The van der Waals surface area contributed by atoms with Crippen LogP contribution in [0.4, 0.5) is 4.39 Å². The molecule has 3 atom stereocenters. The topological polar surface area (TPSA) is 55.4 Å². The summed E-state index contributed by atoms with van der Waals surface area (Å²) in [5.41, 5.74) is 0. The number of ether oxygens (including phenoxy) is 1. The summed E-state index contributed by atoms with van der Waals surface area (Å²) in [4.78, 5) is 25.0. The first-order valence-corrected chi connectivity index (χ1v) is 9.46. The Kier molecular flexibility index (Phi) is 5.37. The van der Waals surface area contributed by atoms with E-state index < -0.39 is 12.1 Å². The summed E-state index contributed by atoms with van der Waals surface area (Å²) < 4.78 is 19.4. The van der Waals surface area contributed by atoms with Crippen molar-refractivity contribution in [2.24, 2.45) is 5.92 Å². The highest BCUT2D eigenvalue weighted by molar-refractivity contribution is 7.20. The van der Waals surface area contributed by atoms with Crippen molar-refractivity contribution in [1.29, 1.82) is 0 Å². The molecule has 1 saturated carbocycles. The van der Waals surface area contributed by atoms with Gasteiger partial charge in [0.1, 0.15) is 10.7 Å². The van der Waals surface area contributed by atoms with Crippen LogP contribution in [0.2, 0.25) is 0 Å². The second-order valence-electron chi connectivity index (χ2n) is 6.72. The van der Waals surface area contributed by atoms with Gasteiger partial charge in [0.05, 0.1) is 0 Å². The van der Waals surface area contributed by atoms with Gasteiger partial charge in [-0.05, 0) is 55.3 Å². The molecule has 1 N–H and O–H groups in total. The maximum atomic E-state index is 13.3. The van der Waals surface area contributed by atoms with Crippen molar-refractivity contribution in [2.45, 2.75) is 51.7 Å². The maximum absolute atomic E-state index is 13.3. The number of thiophene rings is 1. The van der Waals surface area contributed by atoms with E-state index in [1.54, 1.807) is 19.1 Å². The lowest BCUT2D eigenvalue weighted by Gasteiger charge is -2.30. The smallest absolute Gasteiger partial charge is 0.349 e. The first kappa shape index (κ1) is 17.9. The summed E-state index contributed by atoms with van der Waals surface area (Å²) in [6.45, 7) is 3.71. The van der Waals surface area contributed by atoms with Gasteiger partial charge in [-0.15, -0.1) is 11.3 Å². The highest BCUT2D eigenvalue weighted by Crippen LogP contribution is 2.27. The number of esters is 1. The fourth-order valence-corrected chi connectivity index (χ4v) is 4.14. The SMILES string of the molecule is C[C@@H]1CCCC[C@H]1NC(=O)[C@@H](C)OC(=O)c1cc2cc(F)ccc2s1. The molecule has 1 heterocycles. The van der Waals surface area contributed by atoms with Crippen molar-refractivity contribution >= 4 is 33.3 Å². The van der Waals surface area contributed by atoms with Gasteiger partial charge in [0.25, 0.3) is 5.91 Å². The molecule has 1 aliphatic rings. The Bertz CT molecular complexity index is 788. The molecular weight excluding hydrogens is 341 g/mol. The molecule has 1 aliphatic carbocycles. The summed E-state index contributed by atoms with van der Waals surface area (Å²) in [5.74, 6) is -0.724. The highest BCUT2D eigenvalue weighted by Gasteiger charge is 2.26. The van der Waals surface area contributed by atoms with Gasteiger partial charge in [-0.1, -0.05) is 19.8 Å². The van der Waals surface area contributed by atoms with Gasteiger partial charge in [0, 0.05) is 10.7 Å². The summed E-state index contributed by atoms with van der Waals surface area (Å²) in [6, 6.07) is 6.11. The van der Waals surface area contributed by atoms with Crippen LogP contribution in [0.15, 0.2) is 24.3 Å². The van der Waals surface area contributed by atoms with Crippen molar-refractivity contribution in [2.75, 3.05) is 0 Å². The number of hydrogen-bond donors (Lipinski definition) is 1. The predicted molar refractivity (Wildman–Crippen MR) is 96.2 cm³/mol. The third kappa shape index (κ3) is 4.18. The lowest BCUT2D eigenvalue weighted by Crippen LogP contribution is -2.45. The zero-order valence-electron chi connectivity index (χ0n) is 14.4. The Morgan fingerprint density at radius 2 is 2.04 bits per heavy atom. The minimum Gasteiger partial charge on any atom is -0.448 e. The molecule has 0 bridgehead atoms. The summed E-state index contributed by atoms with van der Waals surface area (Å²) >= 11 is 1.23. The number of halogens is 1. The molecule has 6 heteroatoms. The van der Waals surface area contributed by atoms with E-state index in [1.165, 1.54) is 29.9 Å². The highest BCUT2D eigenvalue weighted by atomic mass is 32.1. The normalized spacial score (nSPS) is 21.7. The molecule has 1 fully saturated rings. The van der Waals surface area contributed by atoms with E-state index in [0.29, 0.717) is 16.2 Å². The lowest BCUT2D eigenvalue weighted by atomic mass is 9.86. The zero-order chi connectivity index (χ0) is 18.0. The van der Waals surface area contributed by atoms with E-state index in [2.05, 4.69) is 12.2 Å². The zero-order valence-corrected chi connectivity index (χ0v) is 15.2. The molecule has 0 saturated heterocycles. The van der Waals surface area contributed by atoms with Crippen LogP contribution in [-0.4, -0.2) is 24.0 Å². The van der Waals surface area contributed by atoms with Crippen LogP contribution in [0.25, 0.3) is 10.1 Å². The molecule has 2 aromatic rings. The Morgan fingerprint density at radius 1 is 1.28 bits per heavy atom. The summed E-state index contributed by atoms with van der Waals surface area (Å²) in [6.07, 6.45) is 3.53. The molecule has 0 unspecified atom stereocenters. The molecule has 0 radical (unpaired) electrons. The first-order chi connectivity index (χ1) is 11.9. The van der Waals surface area contributed by atoms with Crippen molar-refractivity contribution in [3.63, 3.8) is 0 Å². The van der Waals surface area contributed by atoms with Crippen LogP contribution >= 0.6 is 11.3 Å². The Morgan fingerprint density at radius 3 is 2.80 bits per heavy atom. The number of nitrogens with one attached hydrogen (secondary N) is 1. The molecule has 25 heavy (non-hydrogen) atoms. The van der Waals surface area contributed by atoms with Gasteiger partial charge in [0.15, 0.2) is 6.10 Å². The minimum atomic E-state index is -0.858. The van der Waals surface area contributed by atoms with Gasteiger partial charge in [-0.25, -0.2) is 9.18 Å². The Hall–Kier alpha value is -1.95. The van der Waals surface area contributed by atoms with Crippen LogP contribution in [0.5, 0.6) is 0 Å². The largest absolute Gasteiger partial charge is 0.448 e. The molecule has 4 nitrogen and oxygen atoms in total. The third-order valence-electron chi connectivity index (χ3n) is 4.77.